The minimum atomic E-state index is -3.29. The van der Waals surface area contributed by atoms with Crippen molar-refractivity contribution < 1.29 is 8.42 Å². The van der Waals surface area contributed by atoms with Crippen LogP contribution in [0.1, 0.15) is 25.8 Å². The van der Waals surface area contributed by atoms with Gasteiger partial charge in [-0.2, -0.15) is 0 Å². The highest BCUT2D eigenvalue weighted by Gasteiger charge is 2.23. The van der Waals surface area contributed by atoms with Crippen molar-refractivity contribution in [1.82, 2.24) is 14.6 Å². The normalized spacial score (nSPS) is 13.7. The molecule has 0 spiro atoms. The zero-order valence-electron chi connectivity index (χ0n) is 11.8. The molecule has 1 aromatic rings. The molecule has 0 radical (unpaired) electrons. The fourth-order valence-corrected chi connectivity index (χ4v) is 3.47. The molecule has 1 rings (SSSR count). The molecule has 0 amide bonds. The van der Waals surface area contributed by atoms with Crippen LogP contribution in [-0.4, -0.2) is 43.9 Å². The van der Waals surface area contributed by atoms with Crippen LogP contribution in [0.25, 0.3) is 0 Å². The second kappa shape index (κ2) is 7.57. The van der Waals surface area contributed by atoms with E-state index in [0.717, 1.165) is 12.0 Å². The van der Waals surface area contributed by atoms with Gasteiger partial charge in [0.1, 0.15) is 0 Å². The molecule has 5 nitrogen and oxygen atoms in total. The Bertz CT molecular complexity index is 458. The van der Waals surface area contributed by atoms with Gasteiger partial charge in [0.05, 0.1) is 5.75 Å². The van der Waals surface area contributed by atoms with E-state index in [4.69, 9.17) is 0 Å². The van der Waals surface area contributed by atoms with Crippen molar-refractivity contribution in [3.05, 3.63) is 30.1 Å². The minimum Gasteiger partial charge on any atom is -0.316 e. The monoisotopic (exact) mass is 285 g/mol. The maximum Gasteiger partial charge on any atom is 0.218 e. The molecule has 0 aliphatic rings. The van der Waals surface area contributed by atoms with Gasteiger partial charge < -0.3 is 5.32 Å². The molecule has 1 aromatic heterocycles. The smallest absolute Gasteiger partial charge is 0.218 e. The maximum atomic E-state index is 12.4. The SMILES string of the molecule is CC[C@H](CN(CC)S(=O)(=O)Cc1cccnc1)NC. The Kier molecular flexibility index (Phi) is 6.41. The van der Waals surface area contributed by atoms with Gasteiger partial charge >= 0.3 is 0 Å². The van der Waals surface area contributed by atoms with Crippen LogP contribution < -0.4 is 5.32 Å². The molecule has 0 fully saturated rings. The lowest BCUT2D eigenvalue weighted by molar-refractivity contribution is 0.368. The van der Waals surface area contributed by atoms with Crippen molar-refractivity contribution in [1.29, 1.82) is 0 Å². The number of rotatable bonds is 8. The number of likely N-dealkylation sites (N-methyl/N-ethyl adjacent to an activating group) is 2. The van der Waals surface area contributed by atoms with Gasteiger partial charge in [-0.3, -0.25) is 4.98 Å². The summed E-state index contributed by atoms with van der Waals surface area (Å²) in [6, 6.07) is 3.72. The average Bonchev–Trinajstić information content (AvgIpc) is 2.40. The first-order chi connectivity index (χ1) is 9.03. The molecular formula is C13H23N3O2S. The summed E-state index contributed by atoms with van der Waals surface area (Å²) in [5.74, 6) is 0.00876. The predicted octanol–water partition coefficient (Wildman–Crippen LogP) is 1.23. The van der Waals surface area contributed by atoms with Crippen molar-refractivity contribution >= 4 is 10.0 Å². The lowest BCUT2D eigenvalue weighted by Crippen LogP contribution is -2.42. The molecule has 0 saturated carbocycles. The third-order valence-electron chi connectivity index (χ3n) is 3.14. The zero-order valence-corrected chi connectivity index (χ0v) is 12.7. The van der Waals surface area contributed by atoms with Gasteiger partial charge in [0.2, 0.25) is 10.0 Å². The largest absolute Gasteiger partial charge is 0.316 e. The van der Waals surface area contributed by atoms with E-state index in [-0.39, 0.29) is 11.8 Å². The van der Waals surface area contributed by atoms with E-state index < -0.39 is 10.0 Å². The fourth-order valence-electron chi connectivity index (χ4n) is 1.90. The average molecular weight is 285 g/mol. The third kappa shape index (κ3) is 4.89. The van der Waals surface area contributed by atoms with Gasteiger partial charge in [-0.15, -0.1) is 0 Å². The molecule has 108 valence electrons. The lowest BCUT2D eigenvalue weighted by Gasteiger charge is -2.25. The molecule has 0 aromatic carbocycles. The van der Waals surface area contributed by atoms with Crippen LogP contribution in [0.4, 0.5) is 0 Å². The Morgan fingerprint density at radius 3 is 2.63 bits per heavy atom. The van der Waals surface area contributed by atoms with Crippen LogP contribution >= 0.6 is 0 Å². The van der Waals surface area contributed by atoms with E-state index >= 15 is 0 Å². The van der Waals surface area contributed by atoms with Gasteiger partial charge in [-0.1, -0.05) is 19.9 Å². The van der Waals surface area contributed by atoms with Crippen LogP contribution in [0.15, 0.2) is 24.5 Å². The van der Waals surface area contributed by atoms with Crippen molar-refractivity contribution in [2.24, 2.45) is 0 Å². The van der Waals surface area contributed by atoms with Crippen LogP contribution in [0.2, 0.25) is 0 Å². The number of pyridine rings is 1. The second-order valence-electron chi connectivity index (χ2n) is 4.46. The number of sulfonamides is 1. The highest BCUT2D eigenvalue weighted by molar-refractivity contribution is 7.88. The number of aromatic nitrogens is 1. The summed E-state index contributed by atoms with van der Waals surface area (Å²) in [6.07, 6.45) is 4.14. The fraction of sp³-hybridized carbons (Fsp3) is 0.615. The van der Waals surface area contributed by atoms with Crippen LogP contribution in [-0.2, 0) is 15.8 Å². The molecule has 0 saturated heterocycles. The van der Waals surface area contributed by atoms with Gasteiger partial charge in [0.25, 0.3) is 0 Å². The Hall–Kier alpha value is -0.980. The topological polar surface area (TPSA) is 62.3 Å². The molecule has 0 bridgehead atoms. The van der Waals surface area contributed by atoms with E-state index in [1.807, 2.05) is 20.9 Å². The minimum absolute atomic E-state index is 0.00876. The number of hydrogen-bond donors (Lipinski definition) is 1. The molecular weight excluding hydrogens is 262 g/mol. The van der Waals surface area contributed by atoms with E-state index in [9.17, 15) is 8.42 Å². The quantitative estimate of drug-likeness (QED) is 0.780. The number of nitrogens with zero attached hydrogens (tertiary/aromatic N) is 2. The van der Waals surface area contributed by atoms with E-state index in [1.54, 1.807) is 24.5 Å². The zero-order chi connectivity index (χ0) is 14.3. The predicted molar refractivity (Wildman–Crippen MR) is 77.2 cm³/mol. The second-order valence-corrected chi connectivity index (χ2v) is 6.43. The van der Waals surface area contributed by atoms with Gasteiger partial charge in [0.15, 0.2) is 0 Å². The molecule has 1 atom stereocenters. The highest BCUT2D eigenvalue weighted by atomic mass is 32.2. The highest BCUT2D eigenvalue weighted by Crippen LogP contribution is 2.11. The standard InChI is InChI=1S/C13H23N3O2S/c1-4-13(14-3)10-16(5-2)19(17,18)11-12-7-6-8-15-9-12/h6-9,13-14H,4-5,10-11H2,1-3H3/t13-/m1/s1. The van der Waals surface area contributed by atoms with E-state index in [0.29, 0.717) is 13.1 Å². The van der Waals surface area contributed by atoms with Gasteiger partial charge in [-0.25, -0.2) is 12.7 Å². The molecule has 0 unspecified atom stereocenters. The van der Waals surface area contributed by atoms with Crippen LogP contribution in [0.3, 0.4) is 0 Å². The third-order valence-corrected chi connectivity index (χ3v) is 5.04. The number of nitrogens with one attached hydrogen (secondary N) is 1. The van der Waals surface area contributed by atoms with E-state index in [2.05, 4.69) is 10.3 Å². The van der Waals surface area contributed by atoms with Crippen molar-refractivity contribution in [3.8, 4) is 0 Å². The van der Waals surface area contributed by atoms with Crippen molar-refractivity contribution in [3.63, 3.8) is 0 Å². The summed E-state index contributed by atoms with van der Waals surface area (Å²) in [7, 11) is -1.43. The van der Waals surface area contributed by atoms with Crippen LogP contribution in [0.5, 0.6) is 0 Å². The first-order valence-corrected chi connectivity index (χ1v) is 8.18. The summed E-state index contributed by atoms with van der Waals surface area (Å²) in [5, 5.41) is 3.13. The first kappa shape index (κ1) is 16.1. The first-order valence-electron chi connectivity index (χ1n) is 6.57. The molecule has 6 heteroatoms. The molecule has 0 aliphatic carbocycles. The van der Waals surface area contributed by atoms with Gasteiger partial charge in [-0.05, 0) is 25.1 Å². The molecule has 19 heavy (non-hydrogen) atoms. The van der Waals surface area contributed by atoms with Gasteiger partial charge in [0, 0.05) is 31.5 Å². The lowest BCUT2D eigenvalue weighted by atomic mass is 10.2. The van der Waals surface area contributed by atoms with Crippen molar-refractivity contribution in [2.45, 2.75) is 32.1 Å². The van der Waals surface area contributed by atoms with E-state index in [1.165, 1.54) is 4.31 Å². The summed E-state index contributed by atoms with van der Waals surface area (Å²) >= 11 is 0. The summed E-state index contributed by atoms with van der Waals surface area (Å²) in [6.45, 7) is 4.90. The maximum absolute atomic E-state index is 12.4. The Balaban J connectivity index is 2.78. The molecule has 0 aliphatic heterocycles. The Labute approximate surface area is 116 Å². The summed E-state index contributed by atoms with van der Waals surface area (Å²) in [5.41, 5.74) is 0.721. The Morgan fingerprint density at radius 2 is 2.16 bits per heavy atom. The number of hydrogen-bond acceptors (Lipinski definition) is 4. The van der Waals surface area contributed by atoms with Crippen molar-refractivity contribution in [2.75, 3.05) is 20.1 Å². The van der Waals surface area contributed by atoms with Crippen LogP contribution in [0, 0.1) is 0 Å². The summed E-state index contributed by atoms with van der Waals surface area (Å²) in [4.78, 5) is 3.95. The summed E-state index contributed by atoms with van der Waals surface area (Å²) < 4.78 is 26.3. The molecule has 1 heterocycles. The molecule has 1 N–H and O–H groups in total. The Morgan fingerprint density at radius 1 is 1.42 bits per heavy atom.